The zero-order valence-electron chi connectivity index (χ0n) is 14.4. The van der Waals surface area contributed by atoms with E-state index in [1.165, 1.54) is 5.69 Å². The van der Waals surface area contributed by atoms with Crippen LogP contribution in [0.1, 0.15) is 12.8 Å². The fourth-order valence-electron chi connectivity index (χ4n) is 3.18. The van der Waals surface area contributed by atoms with Crippen LogP contribution in [0.2, 0.25) is 0 Å². The van der Waals surface area contributed by atoms with Crippen LogP contribution >= 0.6 is 0 Å². The molecule has 2 saturated heterocycles. The first-order valence-corrected chi connectivity index (χ1v) is 8.82. The number of ether oxygens (including phenoxy) is 1. The second kappa shape index (κ2) is 8.54. The highest BCUT2D eigenvalue weighted by Gasteiger charge is 2.19. The largest absolute Gasteiger partial charge is 0.376 e. The van der Waals surface area contributed by atoms with Crippen LogP contribution in [0.15, 0.2) is 42.1 Å². The van der Waals surface area contributed by atoms with Crippen LogP contribution in [0.25, 0.3) is 0 Å². The predicted molar refractivity (Wildman–Crippen MR) is 95.9 cm³/mol. The number of anilines is 1. The number of hydrogen-bond donors (Lipinski definition) is 1. The fraction of sp³-hybridized carbons (Fsp3) is 0.474. The Morgan fingerprint density at radius 1 is 1.28 bits per heavy atom. The Kier molecular flexibility index (Phi) is 5.91. The van der Waals surface area contributed by atoms with Gasteiger partial charge in [-0.05, 0) is 25.0 Å². The van der Waals surface area contributed by atoms with Crippen LogP contribution in [0, 0.1) is 11.3 Å². The van der Waals surface area contributed by atoms with E-state index >= 15 is 0 Å². The Balaban J connectivity index is 1.50. The average Bonchev–Trinajstić information content (AvgIpc) is 3.19. The highest BCUT2D eigenvalue weighted by atomic mass is 16.5. The zero-order chi connectivity index (χ0) is 17.5. The van der Waals surface area contributed by atoms with Crippen LogP contribution in [0.5, 0.6) is 0 Å². The lowest BCUT2D eigenvalue weighted by Gasteiger charge is -2.35. The molecule has 132 valence electrons. The number of piperazine rings is 1. The standard InChI is InChI=1S/C19H24N4O2/c20-13-16(19(24)21-14-18-7-4-12-25-18)15-22-8-10-23(11-9-22)17-5-2-1-3-6-17/h1-3,5-6,15,18H,4,7-12,14H2,(H,21,24)/b16-15-. The molecule has 6 nitrogen and oxygen atoms in total. The Labute approximate surface area is 148 Å². The van der Waals surface area contributed by atoms with Crippen LogP contribution in [0.3, 0.4) is 0 Å². The van der Waals surface area contributed by atoms with Gasteiger partial charge < -0.3 is 19.9 Å². The topological polar surface area (TPSA) is 68.6 Å². The Hall–Kier alpha value is -2.52. The molecule has 2 aliphatic heterocycles. The molecule has 1 unspecified atom stereocenters. The molecular weight excluding hydrogens is 316 g/mol. The van der Waals surface area contributed by atoms with Crippen LogP contribution in [-0.2, 0) is 9.53 Å². The quantitative estimate of drug-likeness (QED) is 0.650. The van der Waals surface area contributed by atoms with Gasteiger partial charge in [-0.2, -0.15) is 5.26 Å². The van der Waals surface area contributed by atoms with Gasteiger partial charge in [0.2, 0.25) is 0 Å². The smallest absolute Gasteiger partial charge is 0.263 e. The summed E-state index contributed by atoms with van der Waals surface area (Å²) in [6.07, 6.45) is 3.77. The van der Waals surface area contributed by atoms with Gasteiger partial charge in [-0.1, -0.05) is 18.2 Å². The molecule has 0 saturated carbocycles. The van der Waals surface area contributed by atoms with Crippen molar-refractivity contribution in [2.45, 2.75) is 18.9 Å². The van der Waals surface area contributed by atoms with Crippen LogP contribution < -0.4 is 10.2 Å². The SMILES string of the molecule is N#C/C(=C/N1CCN(c2ccccc2)CC1)C(=O)NCC1CCCO1. The van der Waals surface area contributed by atoms with Gasteiger partial charge in [-0.15, -0.1) is 0 Å². The van der Waals surface area contributed by atoms with Gasteiger partial charge in [0, 0.05) is 51.2 Å². The number of benzene rings is 1. The number of amides is 1. The molecule has 0 radical (unpaired) electrons. The van der Waals surface area contributed by atoms with Crippen molar-refractivity contribution < 1.29 is 9.53 Å². The number of carbonyl (C=O) groups excluding carboxylic acids is 1. The van der Waals surface area contributed by atoms with Crippen molar-refractivity contribution in [3.05, 3.63) is 42.1 Å². The van der Waals surface area contributed by atoms with E-state index < -0.39 is 0 Å². The maximum absolute atomic E-state index is 12.2. The molecule has 6 heteroatoms. The molecule has 2 fully saturated rings. The number of nitrogens with one attached hydrogen (secondary N) is 1. The first-order valence-electron chi connectivity index (χ1n) is 8.82. The van der Waals surface area contributed by atoms with Crippen molar-refractivity contribution in [2.24, 2.45) is 0 Å². The summed E-state index contributed by atoms with van der Waals surface area (Å²) < 4.78 is 5.49. The normalized spacial score (nSPS) is 21.1. The van der Waals surface area contributed by atoms with E-state index in [2.05, 4.69) is 22.3 Å². The van der Waals surface area contributed by atoms with Gasteiger partial charge in [0.25, 0.3) is 5.91 Å². The highest BCUT2D eigenvalue weighted by molar-refractivity contribution is 5.97. The number of para-hydroxylation sites is 1. The third kappa shape index (κ3) is 4.74. The molecule has 0 spiro atoms. The molecule has 2 aliphatic rings. The second-order valence-electron chi connectivity index (χ2n) is 6.36. The molecule has 0 aliphatic carbocycles. The molecule has 1 atom stereocenters. The summed E-state index contributed by atoms with van der Waals surface area (Å²) in [5.41, 5.74) is 1.37. The Bertz CT molecular complexity index is 639. The minimum atomic E-state index is -0.316. The van der Waals surface area contributed by atoms with E-state index in [0.717, 1.165) is 45.6 Å². The third-order valence-electron chi connectivity index (χ3n) is 4.63. The lowest BCUT2D eigenvalue weighted by molar-refractivity contribution is -0.117. The van der Waals surface area contributed by atoms with Gasteiger partial charge in [-0.25, -0.2) is 0 Å². The fourth-order valence-corrected chi connectivity index (χ4v) is 3.18. The zero-order valence-corrected chi connectivity index (χ0v) is 14.4. The van der Waals surface area contributed by atoms with E-state index in [1.807, 2.05) is 29.2 Å². The minimum absolute atomic E-state index is 0.0818. The summed E-state index contributed by atoms with van der Waals surface area (Å²) in [7, 11) is 0. The summed E-state index contributed by atoms with van der Waals surface area (Å²) in [6, 6.07) is 12.3. The number of nitrogens with zero attached hydrogens (tertiary/aromatic N) is 3. The maximum Gasteiger partial charge on any atom is 0.263 e. The first kappa shape index (κ1) is 17.3. The molecule has 1 amide bonds. The van der Waals surface area contributed by atoms with E-state index in [9.17, 15) is 10.1 Å². The monoisotopic (exact) mass is 340 g/mol. The molecule has 2 heterocycles. The summed E-state index contributed by atoms with van der Waals surface area (Å²) in [5.74, 6) is -0.316. The minimum Gasteiger partial charge on any atom is -0.376 e. The molecule has 1 N–H and O–H groups in total. The first-order chi connectivity index (χ1) is 12.3. The van der Waals surface area contributed by atoms with E-state index in [1.54, 1.807) is 6.20 Å². The summed E-state index contributed by atoms with van der Waals surface area (Å²) >= 11 is 0. The Morgan fingerprint density at radius 3 is 2.68 bits per heavy atom. The van der Waals surface area contributed by atoms with Crippen molar-refractivity contribution in [1.82, 2.24) is 10.2 Å². The van der Waals surface area contributed by atoms with Gasteiger partial charge in [0.1, 0.15) is 11.6 Å². The average molecular weight is 340 g/mol. The van der Waals surface area contributed by atoms with Crippen molar-refractivity contribution in [1.29, 1.82) is 5.26 Å². The van der Waals surface area contributed by atoms with Crippen molar-refractivity contribution in [3.8, 4) is 6.07 Å². The van der Waals surface area contributed by atoms with Gasteiger partial charge in [0.15, 0.2) is 0 Å². The van der Waals surface area contributed by atoms with Crippen LogP contribution in [0.4, 0.5) is 5.69 Å². The van der Waals surface area contributed by atoms with E-state index in [0.29, 0.717) is 6.54 Å². The number of carbonyl (C=O) groups is 1. The molecule has 3 rings (SSSR count). The summed E-state index contributed by atoms with van der Waals surface area (Å²) in [6.45, 7) is 4.55. The second-order valence-corrected chi connectivity index (χ2v) is 6.36. The molecule has 1 aromatic rings. The lowest BCUT2D eigenvalue weighted by Crippen LogP contribution is -2.44. The van der Waals surface area contributed by atoms with Gasteiger partial charge in [-0.3, -0.25) is 4.79 Å². The maximum atomic E-state index is 12.2. The summed E-state index contributed by atoms with van der Waals surface area (Å²) in [4.78, 5) is 16.6. The molecular formula is C19H24N4O2. The van der Waals surface area contributed by atoms with E-state index in [-0.39, 0.29) is 17.6 Å². The molecule has 25 heavy (non-hydrogen) atoms. The number of nitriles is 1. The molecule has 0 aromatic heterocycles. The Morgan fingerprint density at radius 2 is 2.04 bits per heavy atom. The number of hydrogen-bond acceptors (Lipinski definition) is 5. The van der Waals surface area contributed by atoms with Crippen molar-refractivity contribution >= 4 is 11.6 Å². The van der Waals surface area contributed by atoms with Gasteiger partial charge >= 0.3 is 0 Å². The van der Waals surface area contributed by atoms with Gasteiger partial charge in [0.05, 0.1) is 6.10 Å². The van der Waals surface area contributed by atoms with E-state index in [4.69, 9.17) is 4.74 Å². The van der Waals surface area contributed by atoms with Crippen molar-refractivity contribution in [2.75, 3.05) is 44.2 Å². The van der Waals surface area contributed by atoms with Crippen LogP contribution in [-0.4, -0.2) is 56.2 Å². The third-order valence-corrected chi connectivity index (χ3v) is 4.63. The lowest BCUT2D eigenvalue weighted by atomic mass is 10.2. The molecule has 0 bridgehead atoms. The predicted octanol–water partition coefficient (Wildman–Crippen LogP) is 1.51. The highest BCUT2D eigenvalue weighted by Crippen LogP contribution is 2.16. The van der Waals surface area contributed by atoms with Crippen molar-refractivity contribution in [3.63, 3.8) is 0 Å². The molecule has 1 aromatic carbocycles. The number of rotatable bonds is 5. The summed E-state index contributed by atoms with van der Waals surface area (Å²) in [5, 5.41) is 12.1.